The van der Waals surface area contributed by atoms with Crippen molar-refractivity contribution in [2.45, 2.75) is 32.2 Å². The van der Waals surface area contributed by atoms with E-state index in [2.05, 4.69) is 27.9 Å². The van der Waals surface area contributed by atoms with Crippen molar-refractivity contribution in [3.05, 3.63) is 71.4 Å². The molecule has 0 bridgehead atoms. The molecule has 0 radical (unpaired) electrons. The number of aryl methyl sites for hydroxylation is 1. The molecular formula is C27H31N5O2. The molecule has 4 rings (SSSR count). The number of hydrogen-bond donors (Lipinski definition) is 4. The predicted octanol–water partition coefficient (Wildman–Crippen LogP) is 4.62. The van der Waals surface area contributed by atoms with Crippen molar-refractivity contribution in [1.82, 2.24) is 15.6 Å². The number of piperidine rings is 1. The molecule has 0 atom stereocenters. The van der Waals surface area contributed by atoms with E-state index < -0.39 is 0 Å². The first kappa shape index (κ1) is 23.4. The SMILES string of the molecule is CCc1cc(-c2cc(Oc3ccc(C=N)c(NC)c3)ccn2)ccc1C(=O)NC1CCNCC1. The number of benzene rings is 2. The number of anilines is 1. The molecule has 34 heavy (non-hydrogen) atoms. The summed E-state index contributed by atoms with van der Waals surface area (Å²) >= 11 is 0. The Morgan fingerprint density at radius 1 is 1.15 bits per heavy atom. The largest absolute Gasteiger partial charge is 0.457 e. The zero-order valence-corrected chi connectivity index (χ0v) is 19.7. The molecule has 0 aliphatic carbocycles. The Bertz CT molecular complexity index is 1170. The minimum Gasteiger partial charge on any atom is -0.457 e. The van der Waals surface area contributed by atoms with Gasteiger partial charge >= 0.3 is 0 Å². The summed E-state index contributed by atoms with van der Waals surface area (Å²) in [5.41, 5.74) is 5.06. The van der Waals surface area contributed by atoms with Crippen molar-refractivity contribution >= 4 is 17.8 Å². The van der Waals surface area contributed by atoms with E-state index >= 15 is 0 Å². The molecule has 176 valence electrons. The lowest BCUT2D eigenvalue weighted by molar-refractivity contribution is 0.0928. The molecule has 1 fully saturated rings. The summed E-state index contributed by atoms with van der Waals surface area (Å²) in [4.78, 5) is 17.4. The molecule has 4 N–H and O–H groups in total. The van der Waals surface area contributed by atoms with Gasteiger partial charge < -0.3 is 26.1 Å². The predicted molar refractivity (Wildman–Crippen MR) is 136 cm³/mol. The van der Waals surface area contributed by atoms with Crippen LogP contribution in [0.15, 0.2) is 54.7 Å². The standard InChI is InChI=1S/C27H31N5O2/c1-3-18-14-19(5-7-24(18)27(33)32-21-8-11-30-12-9-21)26-16-23(10-13-31-26)34-22-6-4-20(17-28)25(15-22)29-2/h4-7,10,13-17,21,28-30H,3,8-9,11-12H2,1-2H3,(H,32,33). The van der Waals surface area contributed by atoms with Gasteiger partial charge in [-0.25, -0.2) is 0 Å². The van der Waals surface area contributed by atoms with Crippen LogP contribution in [0.5, 0.6) is 11.5 Å². The molecule has 2 aromatic carbocycles. The van der Waals surface area contributed by atoms with Gasteiger partial charge in [0.05, 0.1) is 5.69 Å². The summed E-state index contributed by atoms with van der Waals surface area (Å²) in [7, 11) is 1.82. The summed E-state index contributed by atoms with van der Waals surface area (Å²) in [5, 5.41) is 17.1. The average Bonchev–Trinajstić information content (AvgIpc) is 2.89. The Morgan fingerprint density at radius 3 is 2.68 bits per heavy atom. The van der Waals surface area contributed by atoms with Gasteiger partial charge in [0.25, 0.3) is 5.91 Å². The van der Waals surface area contributed by atoms with Gasteiger partial charge in [-0.3, -0.25) is 9.78 Å². The highest BCUT2D eigenvalue weighted by Gasteiger charge is 2.18. The molecule has 7 nitrogen and oxygen atoms in total. The Labute approximate surface area is 200 Å². The van der Waals surface area contributed by atoms with Crippen molar-refractivity contribution in [2.75, 3.05) is 25.5 Å². The van der Waals surface area contributed by atoms with Gasteiger partial charge in [-0.15, -0.1) is 0 Å². The smallest absolute Gasteiger partial charge is 0.251 e. The van der Waals surface area contributed by atoms with Crippen LogP contribution in [0.25, 0.3) is 11.3 Å². The lowest BCUT2D eigenvalue weighted by Gasteiger charge is -2.24. The number of nitrogens with one attached hydrogen (secondary N) is 4. The zero-order chi connectivity index (χ0) is 23.9. The van der Waals surface area contributed by atoms with Crippen molar-refractivity contribution in [2.24, 2.45) is 0 Å². The van der Waals surface area contributed by atoms with Gasteiger partial charge in [0.2, 0.25) is 0 Å². The first-order valence-corrected chi connectivity index (χ1v) is 11.7. The van der Waals surface area contributed by atoms with E-state index in [0.29, 0.717) is 11.5 Å². The summed E-state index contributed by atoms with van der Waals surface area (Å²) in [6.07, 6.45) is 5.70. The third-order valence-electron chi connectivity index (χ3n) is 6.12. The average molecular weight is 458 g/mol. The van der Waals surface area contributed by atoms with Crippen LogP contribution in [0.2, 0.25) is 0 Å². The van der Waals surface area contributed by atoms with Crippen LogP contribution in [0.1, 0.15) is 41.3 Å². The maximum atomic E-state index is 12.9. The molecule has 7 heteroatoms. The van der Waals surface area contributed by atoms with Crippen LogP contribution in [0.3, 0.4) is 0 Å². The summed E-state index contributed by atoms with van der Waals surface area (Å²) in [5.74, 6) is 1.33. The van der Waals surface area contributed by atoms with Gasteiger partial charge in [-0.05, 0) is 68.2 Å². The Balaban J connectivity index is 1.53. The number of rotatable bonds is 8. The third kappa shape index (κ3) is 5.43. The molecule has 0 spiro atoms. The van der Waals surface area contributed by atoms with E-state index in [1.54, 1.807) is 6.20 Å². The molecule has 0 unspecified atom stereocenters. The van der Waals surface area contributed by atoms with Gasteiger partial charge in [-0.1, -0.05) is 13.0 Å². The molecule has 1 aliphatic heterocycles. The van der Waals surface area contributed by atoms with E-state index in [0.717, 1.165) is 66.0 Å². The quantitative estimate of drug-likeness (QED) is 0.370. The van der Waals surface area contributed by atoms with E-state index in [1.165, 1.54) is 6.21 Å². The number of ether oxygens (including phenoxy) is 1. The topological polar surface area (TPSA) is 99.1 Å². The first-order valence-electron chi connectivity index (χ1n) is 11.7. The van der Waals surface area contributed by atoms with Gasteiger partial charge in [0.1, 0.15) is 11.5 Å². The van der Waals surface area contributed by atoms with E-state index in [-0.39, 0.29) is 11.9 Å². The van der Waals surface area contributed by atoms with Gasteiger partial charge in [-0.2, -0.15) is 0 Å². The summed E-state index contributed by atoms with van der Waals surface area (Å²) in [6.45, 7) is 3.94. The highest BCUT2D eigenvalue weighted by Crippen LogP contribution is 2.29. The minimum atomic E-state index is -0.00551. The molecule has 1 saturated heterocycles. The van der Waals surface area contributed by atoms with Crippen molar-refractivity contribution in [1.29, 1.82) is 5.41 Å². The normalized spacial score (nSPS) is 13.8. The van der Waals surface area contributed by atoms with Gasteiger partial charge in [0, 0.05) is 60.0 Å². The van der Waals surface area contributed by atoms with Crippen molar-refractivity contribution in [3.8, 4) is 22.8 Å². The molecule has 3 aromatic rings. The molecule has 2 heterocycles. The van der Waals surface area contributed by atoms with Crippen LogP contribution in [-0.4, -0.2) is 43.3 Å². The molecular weight excluding hydrogens is 426 g/mol. The Kier molecular flexibility index (Phi) is 7.54. The van der Waals surface area contributed by atoms with E-state index in [4.69, 9.17) is 10.1 Å². The first-order chi connectivity index (χ1) is 16.6. The van der Waals surface area contributed by atoms with E-state index in [1.807, 2.05) is 55.6 Å². The van der Waals surface area contributed by atoms with Crippen LogP contribution >= 0.6 is 0 Å². The molecule has 1 amide bonds. The molecule has 1 aliphatic rings. The second-order valence-electron chi connectivity index (χ2n) is 8.35. The summed E-state index contributed by atoms with van der Waals surface area (Å²) < 4.78 is 6.06. The van der Waals surface area contributed by atoms with Gasteiger partial charge in [0.15, 0.2) is 0 Å². The number of carbonyl (C=O) groups is 1. The fourth-order valence-electron chi connectivity index (χ4n) is 4.21. The fraction of sp³-hybridized carbons (Fsp3) is 0.296. The highest BCUT2D eigenvalue weighted by molar-refractivity contribution is 5.96. The minimum absolute atomic E-state index is 0.00551. The Hall–Kier alpha value is -3.71. The number of nitrogens with zero attached hydrogens (tertiary/aromatic N) is 1. The maximum absolute atomic E-state index is 12.9. The van der Waals surface area contributed by atoms with Crippen LogP contribution < -0.4 is 20.7 Å². The van der Waals surface area contributed by atoms with Crippen LogP contribution in [0, 0.1) is 5.41 Å². The van der Waals surface area contributed by atoms with Crippen LogP contribution in [0.4, 0.5) is 5.69 Å². The number of pyridine rings is 1. The van der Waals surface area contributed by atoms with E-state index in [9.17, 15) is 4.79 Å². The van der Waals surface area contributed by atoms with Crippen LogP contribution in [-0.2, 0) is 6.42 Å². The second kappa shape index (κ2) is 10.9. The number of amides is 1. The monoisotopic (exact) mass is 457 g/mol. The van der Waals surface area contributed by atoms with Crippen molar-refractivity contribution < 1.29 is 9.53 Å². The second-order valence-corrected chi connectivity index (χ2v) is 8.35. The number of carbonyl (C=O) groups excluding carboxylic acids is 1. The number of aromatic nitrogens is 1. The number of hydrogen-bond acceptors (Lipinski definition) is 6. The highest BCUT2D eigenvalue weighted by atomic mass is 16.5. The van der Waals surface area contributed by atoms with Crippen molar-refractivity contribution in [3.63, 3.8) is 0 Å². The lowest BCUT2D eigenvalue weighted by Crippen LogP contribution is -2.42. The maximum Gasteiger partial charge on any atom is 0.251 e. The summed E-state index contributed by atoms with van der Waals surface area (Å²) in [6, 6.07) is 15.4. The lowest BCUT2D eigenvalue weighted by atomic mass is 9.98. The molecule has 1 aromatic heterocycles. The molecule has 0 saturated carbocycles. The fourth-order valence-corrected chi connectivity index (χ4v) is 4.21. The third-order valence-corrected chi connectivity index (χ3v) is 6.12. The zero-order valence-electron chi connectivity index (χ0n) is 19.7. The Morgan fingerprint density at radius 2 is 1.94 bits per heavy atom.